The lowest BCUT2D eigenvalue weighted by Crippen LogP contribution is -2.41. The van der Waals surface area contributed by atoms with Gasteiger partial charge in [-0.2, -0.15) is 0 Å². The number of benzene rings is 1. The third-order valence-corrected chi connectivity index (χ3v) is 7.22. The molecule has 4 aliphatic heterocycles. The molecule has 188 valence electrons. The van der Waals surface area contributed by atoms with E-state index in [0.717, 1.165) is 73.1 Å². The van der Waals surface area contributed by atoms with E-state index in [0.29, 0.717) is 13.0 Å². The van der Waals surface area contributed by atoms with Gasteiger partial charge in [-0.25, -0.2) is 4.79 Å². The van der Waals surface area contributed by atoms with Crippen molar-refractivity contribution in [3.8, 4) is 11.1 Å². The van der Waals surface area contributed by atoms with Crippen LogP contribution in [0.15, 0.2) is 41.7 Å². The summed E-state index contributed by atoms with van der Waals surface area (Å²) in [6, 6.07) is 10.0. The van der Waals surface area contributed by atoms with Crippen LogP contribution in [0.2, 0.25) is 0 Å². The summed E-state index contributed by atoms with van der Waals surface area (Å²) in [6.45, 7) is 6.02. The van der Waals surface area contributed by atoms with Gasteiger partial charge < -0.3 is 19.6 Å². The zero-order chi connectivity index (χ0) is 24.6. The van der Waals surface area contributed by atoms with Crippen LogP contribution in [0.1, 0.15) is 24.6 Å². The number of aromatic nitrogens is 1. The lowest BCUT2D eigenvalue weighted by atomic mass is 10.00. The third-order valence-electron chi connectivity index (χ3n) is 7.22. The molecular formula is C26H29N5O5. The zero-order valence-corrected chi connectivity index (χ0v) is 20.2. The fourth-order valence-corrected chi connectivity index (χ4v) is 5.36. The van der Waals surface area contributed by atoms with Gasteiger partial charge in [0, 0.05) is 44.7 Å². The molecule has 2 amide bonds. The molecule has 3 atom stereocenters. The van der Waals surface area contributed by atoms with E-state index in [4.69, 9.17) is 14.3 Å². The van der Waals surface area contributed by atoms with Crippen molar-refractivity contribution in [2.75, 3.05) is 44.3 Å². The lowest BCUT2D eigenvalue weighted by Gasteiger charge is -2.27. The predicted octanol–water partition coefficient (Wildman–Crippen LogP) is 1.96. The van der Waals surface area contributed by atoms with Gasteiger partial charge in [0.05, 0.1) is 37.2 Å². The van der Waals surface area contributed by atoms with Gasteiger partial charge in [0.2, 0.25) is 5.91 Å². The third kappa shape index (κ3) is 4.42. The first-order valence-electron chi connectivity index (χ1n) is 12.4. The molecule has 4 aliphatic rings. The molecule has 2 aromatic rings. The minimum Gasteiger partial charge on any atom is -0.442 e. The van der Waals surface area contributed by atoms with Gasteiger partial charge in [0.1, 0.15) is 17.9 Å². The van der Waals surface area contributed by atoms with Crippen LogP contribution in [0.4, 0.5) is 10.5 Å². The Balaban J connectivity index is 1.12. The van der Waals surface area contributed by atoms with E-state index in [1.807, 2.05) is 30.5 Å². The summed E-state index contributed by atoms with van der Waals surface area (Å²) in [5, 5.41) is 7.05. The molecule has 1 aromatic heterocycles. The number of nitrogens with one attached hydrogen (secondary N) is 1. The molecule has 6 rings (SSSR count). The van der Waals surface area contributed by atoms with E-state index >= 15 is 0 Å². The second-order valence-corrected chi connectivity index (χ2v) is 9.66. The highest BCUT2D eigenvalue weighted by Gasteiger charge is 2.47. The molecule has 0 radical (unpaired) electrons. The Morgan fingerprint density at radius 2 is 1.97 bits per heavy atom. The summed E-state index contributed by atoms with van der Waals surface area (Å²) in [5.41, 5.74) is 5.69. The van der Waals surface area contributed by atoms with Crippen molar-refractivity contribution < 1.29 is 23.9 Å². The number of amides is 2. The van der Waals surface area contributed by atoms with E-state index < -0.39 is 0 Å². The highest BCUT2D eigenvalue weighted by Crippen LogP contribution is 2.40. The number of carbonyl (C=O) groups excluding carboxylic acids is 2. The van der Waals surface area contributed by atoms with E-state index in [2.05, 4.69) is 26.4 Å². The number of carbonyl (C=O) groups is 2. The van der Waals surface area contributed by atoms with Gasteiger partial charge in [0.15, 0.2) is 0 Å². The molecule has 5 heterocycles. The van der Waals surface area contributed by atoms with Crippen LogP contribution in [0, 0.1) is 0 Å². The van der Waals surface area contributed by atoms with Crippen molar-refractivity contribution in [1.29, 1.82) is 0 Å². The number of nitrogens with zero attached hydrogens (tertiary/aromatic N) is 4. The quantitative estimate of drug-likeness (QED) is 0.659. The van der Waals surface area contributed by atoms with Crippen molar-refractivity contribution >= 4 is 23.4 Å². The number of hydrogen-bond acceptors (Lipinski definition) is 8. The summed E-state index contributed by atoms with van der Waals surface area (Å²) >= 11 is 0. The number of morpholine rings is 1. The molecule has 0 aliphatic carbocycles. The van der Waals surface area contributed by atoms with Crippen molar-refractivity contribution in [3.63, 3.8) is 0 Å². The van der Waals surface area contributed by atoms with Crippen molar-refractivity contribution in [3.05, 3.63) is 47.8 Å². The maximum absolute atomic E-state index is 12.5. The lowest BCUT2D eigenvalue weighted by molar-refractivity contribution is -0.119. The number of pyridine rings is 1. The van der Waals surface area contributed by atoms with E-state index in [9.17, 15) is 9.59 Å². The van der Waals surface area contributed by atoms with Crippen molar-refractivity contribution in [2.45, 2.75) is 38.0 Å². The Bertz CT molecular complexity index is 1190. The average molecular weight is 492 g/mol. The van der Waals surface area contributed by atoms with Gasteiger partial charge in [-0.15, -0.1) is 0 Å². The Kier molecular flexibility index (Phi) is 6.06. The van der Waals surface area contributed by atoms with Crippen LogP contribution in [0.5, 0.6) is 0 Å². The molecular weight excluding hydrogens is 462 g/mol. The SMILES string of the molecule is CC(=O)NC[C@@H]1OC(=O)N2c3ccc(-c4ccc(C5=NOC(CN6CCOCC6)C5)nc4)cc3CC12. The fraction of sp³-hybridized carbons (Fsp3) is 0.462. The standard InChI is InChI=1S/C26H29N5O5/c1-16(32)27-14-25-24-11-19-10-17(3-5-23(19)31(24)26(33)35-25)18-2-4-21(28-13-18)22-12-20(36-29-22)15-30-6-8-34-9-7-30/h2-5,10,13,20,24-25H,6-9,11-12,14-15H2,1H3,(H,27,32)/t20?,24?,25-/m0/s1. The Hall–Kier alpha value is -3.50. The van der Waals surface area contributed by atoms with Gasteiger partial charge in [-0.1, -0.05) is 17.3 Å². The van der Waals surface area contributed by atoms with Gasteiger partial charge in [0.25, 0.3) is 0 Å². The summed E-state index contributed by atoms with van der Waals surface area (Å²) in [4.78, 5) is 38.2. The molecule has 0 bridgehead atoms. The summed E-state index contributed by atoms with van der Waals surface area (Å²) in [7, 11) is 0. The normalized spacial score (nSPS) is 25.1. The first-order valence-corrected chi connectivity index (χ1v) is 12.4. The highest BCUT2D eigenvalue weighted by atomic mass is 16.6. The second-order valence-electron chi connectivity index (χ2n) is 9.66. The molecule has 10 nitrogen and oxygen atoms in total. The fourth-order valence-electron chi connectivity index (χ4n) is 5.36. The van der Waals surface area contributed by atoms with Crippen LogP contribution in [-0.4, -0.2) is 85.2 Å². The first-order chi connectivity index (χ1) is 17.5. The van der Waals surface area contributed by atoms with Crippen LogP contribution < -0.4 is 10.2 Å². The van der Waals surface area contributed by atoms with Gasteiger partial charge in [-0.05, 0) is 35.7 Å². The van der Waals surface area contributed by atoms with Crippen LogP contribution >= 0.6 is 0 Å². The number of ether oxygens (including phenoxy) is 2. The van der Waals surface area contributed by atoms with Crippen LogP contribution in [0.3, 0.4) is 0 Å². The average Bonchev–Trinajstić information content (AvgIpc) is 3.58. The number of hydrogen-bond donors (Lipinski definition) is 1. The Morgan fingerprint density at radius 1 is 1.14 bits per heavy atom. The minimum atomic E-state index is -0.362. The molecule has 1 aromatic carbocycles. The van der Waals surface area contributed by atoms with Crippen LogP contribution in [-0.2, 0) is 25.5 Å². The van der Waals surface area contributed by atoms with E-state index in [-0.39, 0.29) is 30.3 Å². The number of fused-ring (bicyclic) bond motifs is 3. The predicted molar refractivity (Wildman–Crippen MR) is 132 cm³/mol. The van der Waals surface area contributed by atoms with E-state index in [1.165, 1.54) is 6.92 Å². The molecule has 0 saturated carbocycles. The second kappa shape index (κ2) is 9.51. The smallest absolute Gasteiger partial charge is 0.415 e. The van der Waals surface area contributed by atoms with Gasteiger partial charge in [-0.3, -0.25) is 19.6 Å². The Labute approximate surface area is 209 Å². The minimum absolute atomic E-state index is 0.0481. The first kappa shape index (κ1) is 22.9. The molecule has 2 saturated heterocycles. The number of cyclic esters (lactones) is 1. The summed E-state index contributed by atoms with van der Waals surface area (Å²) in [5.74, 6) is -0.138. The zero-order valence-electron chi connectivity index (χ0n) is 20.2. The molecule has 1 N–H and O–H groups in total. The van der Waals surface area contributed by atoms with Crippen molar-refractivity contribution in [1.82, 2.24) is 15.2 Å². The summed E-state index contributed by atoms with van der Waals surface area (Å²) < 4.78 is 10.9. The molecule has 2 unspecified atom stereocenters. The maximum atomic E-state index is 12.5. The molecule has 36 heavy (non-hydrogen) atoms. The van der Waals surface area contributed by atoms with Crippen molar-refractivity contribution in [2.24, 2.45) is 5.16 Å². The number of anilines is 1. The maximum Gasteiger partial charge on any atom is 0.415 e. The Morgan fingerprint density at radius 3 is 2.75 bits per heavy atom. The molecule has 2 fully saturated rings. The van der Waals surface area contributed by atoms with Crippen LogP contribution in [0.25, 0.3) is 11.1 Å². The number of rotatable bonds is 6. The van der Waals surface area contributed by atoms with Gasteiger partial charge >= 0.3 is 6.09 Å². The molecule has 0 spiro atoms. The number of oxime groups is 1. The summed E-state index contributed by atoms with van der Waals surface area (Å²) in [6.07, 6.45) is 2.61. The monoisotopic (exact) mass is 491 g/mol. The van der Waals surface area contributed by atoms with E-state index in [1.54, 1.807) is 4.90 Å². The topological polar surface area (TPSA) is 106 Å². The largest absolute Gasteiger partial charge is 0.442 e. The highest BCUT2D eigenvalue weighted by molar-refractivity contribution is 6.00. The molecule has 10 heteroatoms.